The minimum Gasteiger partial charge on any atom is -0.301 e. The van der Waals surface area contributed by atoms with E-state index in [0.29, 0.717) is 12.0 Å². The van der Waals surface area contributed by atoms with Crippen LogP contribution in [0.3, 0.4) is 0 Å². The van der Waals surface area contributed by atoms with Crippen molar-refractivity contribution in [3.8, 4) is 0 Å². The van der Waals surface area contributed by atoms with Gasteiger partial charge < -0.3 is 4.79 Å². The summed E-state index contributed by atoms with van der Waals surface area (Å²) >= 11 is 0. The van der Waals surface area contributed by atoms with Gasteiger partial charge in [-0.25, -0.2) is 0 Å². The van der Waals surface area contributed by atoms with Gasteiger partial charge in [0.05, 0.1) is 18.7 Å². The zero-order valence-corrected chi connectivity index (χ0v) is 7.51. The molecule has 14 heavy (non-hydrogen) atoms. The normalized spacial score (nSPS) is 11.7. The van der Waals surface area contributed by atoms with E-state index >= 15 is 0 Å². The average molecular weight is 206 g/mol. The molecule has 6 heteroatoms. The van der Waals surface area contributed by atoms with Crippen LogP contribution < -0.4 is 0 Å². The van der Waals surface area contributed by atoms with E-state index in [4.69, 9.17) is 0 Å². The lowest BCUT2D eigenvalue weighted by molar-refractivity contribution is -0.127. The van der Waals surface area contributed by atoms with Crippen LogP contribution >= 0.6 is 0 Å². The number of alkyl halides is 3. The molecule has 0 aliphatic heterocycles. The molecule has 0 atom stereocenters. The highest BCUT2D eigenvalue weighted by atomic mass is 19.4. The van der Waals surface area contributed by atoms with Crippen LogP contribution in [0, 0.1) is 6.92 Å². The predicted octanol–water partition coefficient (Wildman–Crippen LogP) is 1.50. The zero-order valence-electron chi connectivity index (χ0n) is 7.51. The molecular formula is C8H9F3N2O. The van der Waals surface area contributed by atoms with Crippen molar-refractivity contribution >= 4 is 6.29 Å². The summed E-state index contributed by atoms with van der Waals surface area (Å²) in [5.74, 6) is 0. The van der Waals surface area contributed by atoms with Crippen molar-refractivity contribution in [2.45, 2.75) is 26.1 Å². The second-order valence-corrected chi connectivity index (χ2v) is 2.92. The fourth-order valence-corrected chi connectivity index (χ4v) is 1.13. The smallest absolute Gasteiger partial charge is 0.301 e. The Hall–Kier alpha value is -1.33. The molecule has 78 valence electrons. The minimum atomic E-state index is -4.26. The maximum absolute atomic E-state index is 11.9. The lowest BCUT2D eigenvalue weighted by atomic mass is 10.3. The van der Waals surface area contributed by atoms with Gasteiger partial charge in [-0.05, 0) is 13.0 Å². The Kier molecular flexibility index (Phi) is 2.93. The summed E-state index contributed by atoms with van der Waals surface area (Å²) in [7, 11) is 0. The third kappa shape index (κ3) is 2.86. The van der Waals surface area contributed by atoms with Crippen molar-refractivity contribution in [1.29, 1.82) is 0 Å². The molecule has 0 saturated heterocycles. The molecule has 0 N–H and O–H groups in total. The topological polar surface area (TPSA) is 34.9 Å². The molecule has 1 rings (SSSR count). The number of hydrogen-bond donors (Lipinski definition) is 0. The first-order chi connectivity index (χ1) is 6.42. The first-order valence-electron chi connectivity index (χ1n) is 3.96. The highest BCUT2D eigenvalue weighted by Gasteiger charge is 2.29. The van der Waals surface area contributed by atoms with Crippen molar-refractivity contribution < 1.29 is 18.0 Å². The molecule has 0 bridgehead atoms. The number of carbonyl (C=O) groups is 1. The lowest BCUT2D eigenvalue weighted by Crippen LogP contribution is -2.12. The van der Waals surface area contributed by atoms with Crippen LogP contribution in [-0.2, 0) is 17.8 Å². The summed E-state index contributed by atoms with van der Waals surface area (Å²) < 4.78 is 37.1. The second kappa shape index (κ2) is 3.81. The van der Waals surface area contributed by atoms with E-state index in [-0.39, 0.29) is 12.2 Å². The van der Waals surface area contributed by atoms with Gasteiger partial charge in [0.25, 0.3) is 0 Å². The molecule has 0 fully saturated rings. The first kappa shape index (κ1) is 10.7. The van der Waals surface area contributed by atoms with Crippen LogP contribution in [0.25, 0.3) is 0 Å². The Morgan fingerprint density at radius 2 is 2.21 bits per heavy atom. The van der Waals surface area contributed by atoms with Crippen LogP contribution in [0.5, 0.6) is 0 Å². The largest absolute Gasteiger partial charge is 0.394 e. The van der Waals surface area contributed by atoms with Gasteiger partial charge in [-0.15, -0.1) is 0 Å². The molecule has 0 radical (unpaired) electrons. The SMILES string of the molecule is Cc1cc(CC(F)(F)F)nn1CC=O. The summed E-state index contributed by atoms with van der Waals surface area (Å²) in [4.78, 5) is 10.1. The van der Waals surface area contributed by atoms with Gasteiger partial charge in [-0.3, -0.25) is 4.68 Å². The van der Waals surface area contributed by atoms with Crippen molar-refractivity contribution in [3.05, 3.63) is 17.5 Å². The van der Waals surface area contributed by atoms with E-state index < -0.39 is 12.6 Å². The van der Waals surface area contributed by atoms with Crippen molar-refractivity contribution in [2.24, 2.45) is 0 Å². The zero-order chi connectivity index (χ0) is 10.8. The number of aldehydes is 1. The van der Waals surface area contributed by atoms with E-state index in [2.05, 4.69) is 5.10 Å². The number of hydrogen-bond acceptors (Lipinski definition) is 2. The van der Waals surface area contributed by atoms with Gasteiger partial charge in [0.2, 0.25) is 0 Å². The summed E-state index contributed by atoms with van der Waals surface area (Å²) in [6.45, 7) is 1.60. The molecule has 1 aromatic rings. The molecule has 1 aromatic heterocycles. The van der Waals surface area contributed by atoms with E-state index in [1.54, 1.807) is 6.92 Å². The molecule has 0 spiro atoms. The fraction of sp³-hybridized carbons (Fsp3) is 0.500. The summed E-state index contributed by atoms with van der Waals surface area (Å²) in [5, 5.41) is 3.65. The predicted molar refractivity (Wildman–Crippen MR) is 42.8 cm³/mol. The van der Waals surface area contributed by atoms with E-state index in [1.807, 2.05) is 0 Å². The van der Waals surface area contributed by atoms with Gasteiger partial charge in [0.1, 0.15) is 6.29 Å². The Bertz CT molecular complexity index is 330. The van der Waals surface area contributed by atoms with Crippen molar-refractivity contribution in [2.75, 3.05) is 0 Å². The lowest BCUT2D eigenvalue weighted by Gasteiger charge is -2.01. The Morgan fingerprint density at radius 3 is 2.71 bits per heavy atom. The maximum atomic E-state index is 11.9. The van der Waals surface area contributed by atoms with Crippen molar-refractivity contribution in [3.63, 3.8) is 0 Å². The standard InChI is InChI=1S/C8H9F3N2O/c1-6-4-7(5-8(9,10)11)12-13(6)2-3-14/h3-4H,2,5H2,1H3. The van der Waals surface area contributed by atoms with Gasteiger partial charge in [0, 0.05) is 5.69 Å². The highest BCUT2D eigenvalue weighted by Crippen LogP contribution is 2.20. The van der Waals surface area contributed by atoms with Gasteiger partial charge in [-0.1, -0.05) is 0 Å². The molecule has 0 aliphatic rings. The maximum Gasteiger partial charge on any atom is 0.394 e. The van der Waals surface area contributed by atoms with Crippen LogP contribution in [0.15, 0.2) is 6.07 Å². The van der Waals surface area contributed by atoms with Crippen LogP contribution in [-0.4, -0.2) is 22.2 Å². The van der Waals surface area contributed by atoms with Gasteiger partial charge in [-0.2, -0.15) is 18.3 Å². The third-order valence-electron chi connectivity index (χ3n) is 1.66. The number of carbonyl (C=O) groups excluding carboxylic acids is 1. The number of rotatable bonds is 3. The Labute approximate surface area is 78.5 Å². The quantitative estimate of drug-likeness (QED) is 0.702. The monoisotopic (exact) mass is 206 g/mol. The molecule has 1 heterocycles. The van der Waals surface area contributed by atoms with E-state index in [1.165, 1.54) is 10.7 Å². The molecular weight excluding hydrogens is 197 g/mol. The van der Waals surface area contributed by atoms with Gasteiger partial charge in [0.15, 0.2) is 0 Å². The molecule has 0 amide bonds. The molecule has 0 aromatic carbocycles. The second-order valence-electron chi connectivity index (χ2n) is 2.92. The summed E-state index contributed by atoms with van der Waals surface area (Å²) in [5.41, 5.74) is 0.494. The molecule has 3 nitrogen and oxygen atoms in total. The number of aromatic nitrogens is 2. The Balaban J connectivity index is 2.80. The van der Waals surface area contributed by atoms with Crippen LogP contribution in [0.4, 0.5) is 13.2 Å². The number of nitrogens with zero attached hydrogens (tertiary/aromatic N) is 2. The van der Waals surface area contributed by atoms with Crippen LogP contribution in [0.2, 0.25) is 0 Å². The van der Waals surface area contributed by atoms with Gasteiger partial charge >= 0.3 is 6.18 Å². The van der Waals surface area contributed by atoms with E-state index in [9.17, 15) is 18.0 Å². The summed E-state index contributed by atoms with van der Waals surface area (Å²) in [6, 6.07) is 1.33. The average Bonchev–Trinajstić information content (AvgIpc) is 2.28. The van der Waals surface area contributed by atoms with Crippen LogP contribution in [0.1, 0.15) is 11.4 Å². The fourth-order valence-electron chi connectivity index (χ4n) is 1.13. The highest BCUT2D eigenvalue weighted by molar-refractivity contribution is 5.49. The van der Waals surface area contributed by atoms with E-state index in [0.717, 1.165) is 0 Å². The number of halogens is 3. The Morgan fingerprint density at radius 1 is 1.57 bits per heavy atom. The van der Waals surface area contributed by atoms with Crippen molar-refractivity contribution in [1.82, 2.24) is 9.78 Å². The molecule has 0 saturated carbocycles. The molecule has 0 unspecified atom stereocenters. The minimum absolute atomic E-state index is 0.0102. The summed E-state index contributed by atoms with van der Waals surface area (Å²) in [6.07, 6.45) is -4.72. The third-order valence-corrected chi connectivity index (χ3v) is 1.66. The molecule has 0 aliphatic carbocycles. The first-order valence-corrected chi connectivity index (χ1v) is 3.96. The number of aryl methyl sites for hydroxylation is 1.